The third-order valence-corrected chi connectivity index (χ3v) is 5.39. The van der Waals surface area contributed by atoms with Crippen molar-refractivity contribution in [1.82, 2.24) is 0 Å². The van der Waals surface area contributed by atoms with Crippen LogP contribution in [-0.2, 0) is 0 Å². The monoisotopic (exact) mass is 380 g/mol. The fourth-order valence-corrected chi connectivity index (χ4v) is 3.96. The Bertz CT molecular complexity index is 841. The summed E-state index contributed by atoms with van der Waals surface area (Å²) in [6, 6.07) is 10.9. The van der Waals surface area contributed by atoms with Gasteiger partial charge in [0.15, 0.2) is 5.78 Å². The first-order valence-corrected chi connectivity index (χ1v) is 8.21. The first-order valence-electron chi connectivity index (χ1n) is 6.16. The zero-order chi connectivity index (χ0) is 15.0. The van der Waals surface area contributed by atoms with E-state index in [0.29, 0.717) is 21.9 Å². The summed E-state index contributed by atoms with van der Waals surface area (Å²) in [7, 11) is 1.53. The summed E-state index contributed by atoms with van der Waals surface area (Å²) >= 11 is 11.0. The van der Waals surface area contributed by atoms with Crippen LogP contribution >= 0.6 is 38.9 Å². The van der Waals surface area contributed by atoms with Crippen LogP contribution < -0.4 is 4.74 Å². The lowest BCUT2D eigenvalue weighted by molar-refractivity contribution is 0.103. The molecule has 0 aliphatic heterocycles. The molecule has 2 aromatic carbocycles. The Morgan fingerprint density at radius 2 is 2.05 bits per heavy atom. The summed E-state index contributed by atoms with van der Waals surface area (Å²) in [5, 5.41) is 3.36. The van der Waals surface area contributed by atoms with Crippen molar-refractivity contribution in [3.63, 3.8) is 0 Å². The summed E-state index contributed by atoms with van der Waals surface area (Å²) in [5.41, 5.74) is 1.19. The molecule has 1 heterocycles. The molecule has 106 valence electrons. The van der Waals surface area contributed by atoms with Crippen molar-refractivity contribution >= 4 is 54.7 Å². The highest BCUT2D eigenvalue weighted by Crippen LogP contribution is 2.35. The molecular formula is C16H10BrClO2S. The number of benzene rings is 2. The van der Waals surface area contributed by atoms with Crippen LogP contribution in [0, 0.1) is 0 Å². The molecule has 3 aromatic rings. The van der Waals surface area contributed by atoms with Gasteiger partial charge in [0.05, 0.1) is 12.7 Å². The molecule has 0 N–H and O–H groups in total. The Kier molecular flexibility index (Phi) is 4.02. The van der Waals surface area contributed by atoms with Gasteiger partial charge >= 0.3 is 0 Å². The Morgan fingerprint density at radius 3 is 2.81 bits per heavy atom. The van der Waals surface area contributed by atoms with Gasteiger partial charge in [-0.2, -0.15) is 0 Å². The lowest BCUT2D eigenvalue weighted by Gasteiger charge is -2.07. The maximum absolute atomic E-state index is 12.8. The SMILES string of the molecule is COc1cc(Cl)ccc1C(=O)c1csc2c(Br)cccc12. The largest absolute Gasteiger partial charge is 0.496 e. The van der Waals surface area contributed by atoms with Crippen molar-refractivity contribution < 1.29 is 9.53 Å². The summed E-state index contributed by atoms with van der Waals surface area (Å²) in [4.78, 5) is 12.8. The van der Waals surface area contributed by atoms with E-state index in [1.165, 1.54) is 7.11 Å². The highest BCUT2D eigenvalue weighted by molar-refractivity contribution is 9.10. The number of carbonyl (C=O) groups is 1. The minimum Gasteiger partial charge on any atom is -0.496 e. The topological polar surface area (TPSA) is 26.3 Å². The third kappa shape index (κ3) is 2.59. The molecule has 0 saturated heterocycles. The summed E-state index contributed by atoms with van der Waals surface area (Å²) in [5.74, 6) is 0.426. The van der Waals surface area contributed by atoms with Gasteiger partial charge in [-0.1, -0.05) is 23.7 Å². The fourth-order valence-electron chi connectivity index (χ4n) is 2.20. The number of methoxy groups -OCH3 is 1. The van der Waals surface area contributed by atoms with Gasteiger partial charge in [-0.3, -0.25) is 4.79 Å². The van der Waals surface area contributed by atoms with Gasteiger partial charge in [-0.15, -0.1) is 11.3 Å². The van der Waals surface area contributed by atoms with E-state index in [1.54, 1.807) is 29.5 Å². The molecule has 0 amide bonds. The van der Waals surface area contributed by atoms with E-state index in [1.807, 2.05) is 23.6 Å². The average molecular weight is 382 g/mol. The molecule has 2 nitrogen and oxygen atoms in total. The van der Waals surface area contributed by atoms with Gasteiger partial charge in [-0.05, 0) is 40.2 Å². The molecule has 1 aromatic heterocycles. The van der Waals surface area contributed by atoms with E-state index < -0.39 is 0 Å². The number of halogens is 2. The van der Waals surface area contributed by atoms with Gasteiger partial charge in [0, 0.05) is 30.5 Å². The zero-order valence-corrected chi connectivity index (χ0v) is 14.2. The van der Waals surface area contributed by atoms with Gasteiger partial charge in [0.2, 0.25) is 0 Å². The molecule has 0 fully saturated rings. The van der Waals surface area contributed by atoms with Gasteiger partial charge in [0.1, 0.15) is 5.75 Å². The Hall–Kier alpha value is -1.36. The maximum Gasteiger partial charge on any atom is 0.198 e. The predicted octanol–water partition coefficient (Wildman–Crippen LogP) is 5.56. The summed E-state index contributed by atoms with van der Waals surface area (Å²) in [6.45, 7) is 0. The van der Waals surface area contributed by atoms with Crippen LogP contribution in [0.1, 0.15) is 15.9 Å². The van der Waals surface area contributed by atoms with Crippen molar-refractivity contribution in [3.8, 4) is 5.75 Å². The Labute approximate surface area is 139 Å². The quantitative estimate of drug-likeness (QED) is 0.555. The molecule has 0 saturated carbocycles. The van der Waals surface area contributed by atoms with Crippen molar-refractivity contribution in [3.05, 3.63) is 62.4 Å². The molecule has 0 aliphatic carbocycles. The lowest BCUT2D eigenvalue weighted by atomic mass is 10.0. The van der Waals surface area contributed by atoms with E-state index in [-0.39, 0.29) is 5.78 Å². The molecule has 3 rings (SSSR count). The normalized spacial score (nSPS) is 10.8. The van der Waals surface area contributed by atoms with E-state index in [0.717, 1.165) is 14.6 Å². The second-order valence-electron chi connectivity index (χ2n) is 4.44. The van der Waals surface area contributed by atoms with Crippen LogP contribution in [0.3, 0.4) is 0 Å². The van der Waals surface area contributed by atoms with Gasteiger partial charge in [0.25, 0.3) is 0 Å². The number of fused-ring (bicyclic) bond motifs is 1. The van der Waals surface area contributed by atoms with Crippen molar-refractivity contribution in [2.24, 2.45) is 0 Å². The molecule has 21 heavy (non-hydrogen) atoms. The zero-order valence-electron chi connectivity index (χ0n) is 11.0. The number of ether oxygens (including phenoxy) is 1. The van der Waals surface area contributed by atoms with E-state index >= 15 is 0 Å². The van der Waals surface area contributed by atoms with Crippen molar-refractivity contribution in [2.45, 2.75) is 0 Å². The molecule has 0 spiro atoms. The van der Waals surface area contributed by atoms with E-state index in [2.05, 4.69) is 15.9 Å². The second-order valence-corrected chi connectivity index (χ2v) is 6.61. The minimum atomic E-state index is -0.0622. The van der Waals surface area contributed by atoms with Crippen LogP contribution in [0.2, 0.25) is 5.02 Å². The lowest BCUT2D eigenvalue weighted by Crippen LogP contribution is -2.03. The molecular weight excluding hydrogens is 372 g/mol. The number of ketones is 1. The van der Waals surface area contributed by atoms with Crippen molar-refractivity contribution in [1.29, 1.82) is 0 Å². The van der Waals surface area contributed by atoms with Crippen LogP contribution in [0.5, 0.6) is 5.75 Å². The molecule has 0 radical (unpaired) electrons. The number of thiophene rings is 1. The first kappa shape index (κ1) is 14.6. The number of rotatable bonds is 3. The molecule has 0 unspecified atom stereocenters. The number of hydrogen-bond donors (Lipinski definition) is 0. The van der Waals surface area contributed by atoms with E-state index in [4.69, 9.17) is 16.3 Å². The summed E-state index contributed by atoms with van der Waals surface area (Å²) < 4.78 is 7.33. The second kappa shape index (κ2) is 5.79. The van der Waals surface area contributed by atoms with E-state index in [9.17, 15) is 4.79 Å². The first-order chi connectivity index (χ1) is 10.1. The molecule has 0 bridgehead atoms. The standard InChI is InChI=1S/C16H10BrClO2S/c1-20-14-7-9(18)5-6-11(14)15(19)12-8-21-16-10(12)3-2-4-13(16)17/h2-8H,1H3. The number of carbonyl (C=O) groups excluding carboxylic acids is 1. The predicted molar refractivity (Wildman–Crippen MR) is 91.0 cm³/mol. The highest BCUT2D eigenvalue weighted by atomic mass is 79.9. The number of hydrogen-bond acceptors (Lipinski definition) is 3. The average Bonchev–Trinajstić information content (AvgIpc) is 2.92. The molecule has 5 heteroatoms. The third-order valence-electron chi connectivity index (χ3n) is 3.20. The van der Waals surface area contributed by atoms with Crippen molar-refractivity contribution in [2.75, 3.05) is 7.11 Å². The Balaban J connectivity index is 2.15. The van der Waals surface area contributed by atoms with Crippen LogP contribution in [0.15, 0.2) is 46.3 Å². The Morgan fingerprint density at radius 1 is 1.24 bits per heavy atom. The maximum atomic E-state index is 12.8. The van der Waals surface area contributed by atoms with Crippen LogP contribution in [0.25, 0.3) is 10.1 Å². The molecule has 0 atom stereocenters. The minimum absolute atomic E-state index is 0.0622. The van der Waals surface area contributed by atoms with Gasteiger partial charge < -0.3 is 4.74 Å². The fraction of sp³-hybridized carbons (Fsp3) is 0.0625. The van der Waals surface area contributed by atoms with Gasteiger partial charge in [-0.25, -0.2) is 0 Å². The van der Waals surface area contributed by atoms with Crippen LogP contribution in [0.4, 0.5) is 0 Å². The highest BCUT2D eigenvalue weighted by Gasteiger charge is 2.19. The molecule has 0 aliphatic rings. The van der Waals surface area contributed by atoms with Crippen LogP contribution in [-0.4, -0.2) is 12.9 Å². The summed E-state index contributed by atoms with van der Waals surface area (Å²) in [6.07, 6.45) is 0. The smallest absolute Gasteiger partial charge is 0.198 e.